The molecule has 0 aromatic rings. The zero-order valence-electron chi connectivity index (χ0n) is 43.7. The van der Waals surface area contributed by atoms with Crippen LogP contribution in [0.25, 0.3) is 0 Å². The first-order valence-electron chi connectivity index (χ1n) is 28.9. The van der Waals surface area contributed by atoms with Crippen LogP contribution >= 0.6 is 0 Å². The smallest absolute Gasteiger partial charge is 0.249 e. The maximum Gasteiger partial charge on any atom is 0.249 e. The lowest BCUT2D eigenvalue weighted by molar-refractivity contribution is -0.303. The first-order chi connectivity index (χ1) is 32.7. The van der Waals surface area contributed by atoms with Crippen molar-refractivity contribution >= 4 is 5.91 Å². The summed E-state index contributed by atoms with van der Waals surface area (Å²) in [5.74, 6) is -0.690. The Morgan fingerprint density at radius 1 is 0.463 bits per heavy atom. The molecule has 0 spiro atoms. The zero-order valence-corrected chi connectivity index (χ0v) is 43.7. The molecular formula is C56H111NO10. The van der Waals surface area contributed by atoms with Crippen LogP contribution in [0.3, 0.4) is 0 Å². The summed E-state index contributed by atoms with van der Waals surface area (Å²) in [5.41, 5.74) is 0. The van der Waals surface area contributed by atoms with Gasteiger partial charge in [-0.25, -0.2) is 0 Å². The standard InChI is InChI=1S/C56H111NO10/c1-3-5-7-9-11-13-15-17-19-21-23-24-25-26-28-29-31-33-35-37-39-41-43-48(59)51(61)47(46-66-56-54(64)53(63)52(62)50(45-58)67-56)57-55(65)49(60)44-42-40-38-36-34-32-30-27-22-20-18-16-14-12-10-8-6-4-2/h47-54,56,58-64H,3-46H2,1-2H3,(H,57,65). The number of unbranched alkanes of at least 4 members (excludes halogenated alkanes) is 38. The van der Waals surface area contributed by atoms with Crippen LogP contribution in [0.15, 0.2) is 0 Å². The number of carbonyl (C=O) groups excluding carboxylic acids is 1. The minimum absolute atomic E-state index is 0.267. The fourth-order valence-electron chi connectivity index (χ4n) is 9.68. The number of nitrogens with one attached hydrogen (secondary N) is 1. The monoisotopic (exact) mass is 958 g/mol. The van der Waals surface area contributed by atoms with Gasteiger partial charge in [0.2, 0.25) is 5.91 Å². The van der Waals surface area contributed by atoms with Crippen LogP contribution < -0.4 is 5.32 Å². The number of hydrogen-bond acceptors (Lipinski definition) is 10. The van der Waals surface area contributed by atoms with E-state index in [9.17, 15) is 40.5 Å². The number of ether oxygens (including phenoxy) is 2. The number of rotatable bonds is 50. The van der Waals surface area contributed by atoms with Crippen molar-refractivity contribution in [3.05, 3.63) is 0 Å². The Hall–Kier alpha value is -0.890. The summed E-state index contributed by atoms with van der Waals surface area (Å²) in [4.78, 5) is 13.2. The van der Waals surface area contributed by atoms with E-state index in [0.29, 0.717) is 19.3 Å². The van der Waals surface area contributed by atoms with Crippen molar-refractivity contribution in [2.45, 2.75) is 339 Å². The van der Waals surface area contributed by atoms with Crippen LogP contribution in [0, 0.1) is 0 Å². The van der Waals surface area contributed by atoms with E-state index >= 15 is 0 Å². The predicted molar refractivity (Wildman–Crippen MR) is 275 cm³/mol. The van der Waals surface area contributed by atoms with Crippen LogP contribution in [-0.4, -0.2) is 110 Å². The minimum Gasteiger partial charge on any atom is -0.394 e. The van der Waals surface area contributed by atoms with Crippen LogP contribution in [0.5, 0.6) is 0 Å². The molecule has 1 aliphatic rings. The summed E-state index contributed by atoms with van der Waals surface area (Å²) in [6, 6.07) is -1.16. The first-order valence-corrected chi connectivity index (χ1v) is 28.9. The highest BCUT2D eigenvalue weighted by molar-refractivity contribution is 5.80. The molecule has 11 nitrogen and oxygen atoms in total. The maximum atomic E-state index is 13.2. The van der Waals surface area contributed by atoms with Gasteiger partial charge in [-0.05, 0) is 12.8 Å². The Bertz CT molecular complexity index is 1050. The summed E-state index contributed by atoms with van der Waals surface area (Å²) in [5, 5.41) is 76.2. The fraction of sp³-hybridized carbons (Fsp3) is 0.982. The van der Waals surface area contributed by atoms with E-state index in [0.717, 1.165) is 38.5 Å². The number of amides is 1. The van der Waals surface area contributed by atoms with Crippen molar-refractivity contribution in [1.29, 1.82) is 0 Å². The van der Waals surface area contributed by atoms with Crippen molar-refractivity contribution in [2.75, 3.05) is 13.2 Å². The summed E-state index contributed by atoms with van der Waals surface area (Å²) in [6.07, 6.45) is 40.0. The SMILES string of the molecule is CCCCCCCCCCCCCCCCCCCCCCCCC(O)C(O)C(COC1OC(CO)C(O)C(O)C1O)NC(=O)C(O)CCCCCCCCCCCCCCCCCCCC. The third-order valence-corrected chi connectivity index (χ3v) is 14.4. The first kappa shape index (κ1) is 64.1. The minimum atomic E-state index is -1.66. The molecule has 9 unspecified atom stereocenters. The molecule has 1 amide bonds. The molecule has 8 N–H and O–H groups in total. The Kier molecular flexibility index (Phi) is 44.2. The molecule has 400 valence electrons. The van der Waals surface area contributed by atoms with Crippen molar-refractivity contribution in [2.24, 2.45) is 0 Å². The van der Waals surface area contributed by atoms with Crippen molar-refractivity contribution in [3.8, 4) is 0 Å². The molecular weight excluding hydrogens is 847 g/mol. The molecule has 0 aliphatic carbocycles. The Morgan fingerprint density at radius 3 is 1.10 bits per heavy atom. The van der Waals surface area contributed by atoms with Gasteiger partial charge in [0.05, 0.1) is 25.4 Å². The van der Waals surface area contributed by atoms with E-state index in [2.05, 4.69) is 19.2 Å². The molecule has 0 aromatic heterocycles. The summed E-state index contributed by atoms with van der Waals surface area (Å²) in [7, 11) is 0. The van der Waals surface area contributed by atoms with Crippen LogP contribution in [0.2, 0.25) is 0 Å². The highest BCUT2D eigenvalue weighted by Gasteiger charge is 2.44. The van der Waals surface area contributed by atoms with Gasteiger partial charge in [-0.15, -0.1) is 0 Å². The van der Waals surface area contributed by atoms with Crippen molar-refractivity contribution < 1.29 is 50.0 Å². The van der Waals surface area contributed by atoms with Gasteiger partial charge in [0.25, 0.3) is 0 Å². The number of aliphatic hydroxyl groups is 7. The van der Waals surface area contributed by atoms with E-state index in [4.69, 9.17) is 9.47 Å². The van der Waals surface area contributed by atoms with E-state index in [1.54, 1.807) is 0 Å². The quantitative estimate of drug-likeness (QED) is 0.0273. The maximum absolute atomic E-state index is 13.2. The fourth-order valence-corrected chi connectivity index (χ4v) is 9.68. The molecule has 1 heterocycles. The lowest BCUT2D eigenvalue weighted by Crippen LogP contribution is -2.60. The van der Waals surface area contributed by atoms with E-state index < -0.39 is 74.2 Å². The third-order valence-electron chi connectivity index (χ3n) is 14.4. The molecule has 1 rings (SSSR count). The molecule has 1 fully saturated rings. The van der Waals surface area contributed by atoms with Gasteiger partial charge in [-0.3, -0.25) is 4.79 Å². The molecule has 0 radical (unpaired) electrons. The lowest BCUT2D eigenvalue weighted by atomic mass is 9.98. The summed E-state index contributed by atoms with van der Waals surface area (Å²) < 4.78 is 11.2. The van der Waals surface area contributed by atoms with Crippen molar-refractivity contribution in [1.82, 2.24) is 5.32 Å². The van der Waals surface area contributed by atoms with Gasteiger partial charge in [0.1, 0.15) is 36.6 Å². The largest absolute Gasteiger partial charge is 0.394 e. The molecule has 0 saturated carbocycles. The molecule has 11 heteroatoms. The lowest BCUT2D eigenvalue weighted by Gasteiger charge is -2.40. The molecule has 0 aromatic carbocycles. The molecule has 9 atom stereocenters. The molecule has 1 aliphatic heterocycles. The van der Waals surface area contributed by atoms with Crippen LogP contribution in [0.1, 0.15) is 284 Å². The Morgan fingerprint density at radius 2 is 0.776 bits per heavy atom. The normalized spacial score (nSPS) is 20.5. The second kappa shape index (κ2) is 46.2. The highest BCUT2D eigenvalue weighted by atomic mass is 16.7. The van der Waals surface area contributed by atoms with Crippen LogP contribution in [0.4, 0.5) is 0 Å². The number of hydrogen-bond donors (Lipinski definition) is 8. The Balaban J connectivity index is 2.31. The van der Waals surface area contributed by atoms with E-state index in [1.165, 1.54) is 205 Å². The zero-order chi connectivity index (χ0) is 49.0. The number of carbonyl (C=O) groups is 1. The molecule has 0 bridgehead atoms. The summed E-state index contributed by atoms with van der Waals surface area (Å²) in [6.45, 7) is 3.50. The third kappa shape index (κ3) is 35.0. The van der Waals surface area contributed by atoms with Gasteiger partial charge < -0.3 is 50.5 Å². The van der Waals surface area contributed by atoms with Crippen molar-refractivity contribution in [3.63, 3.8) is 0 Å². The second-order valence-corrected chi connectivity index (χ2v) is 20.7. The average Bonchev–Trinajstić information content (AvgIpc) is 3.33. The second-order valence-electron chi connectivity index (χ2n) is 20.7. The van der Waals surface area contributed by atoms with E-state index in [1.807, 2.05) is 0 Å². The van der Waals surface area contributed by atoms with Gasteiger partial charge in [-0.2, -0.15) is 0 Å². The number of aliphatic hydroxyl groups excluding tert-OH is 7. The topological polar surface area (TPSA) is 189 Å². The van der Waals surface area contributed by atoms with Gasteiger partial charge in [0, 0.05) is 0 Å². The molecule has 1 saturated heterocycles. The van der Waals surface area contributed by atoms with Gasteiger partial charge in [0.15, 0.2) is 6.29 Å². The summed E-state index contributed by atoms with van der Waals surface area (Å²) >= 11 is 0. The Labute approximate surface area is 411 Å². The van der Waals surface area contributed by atoms with Gasteiger partial charge in [-0.1, -0.05) is 271 Å². The van der Waals surface area contributed by atoms with Gasteiger partial charge >= 0.3 is 0 Å². The molecule has 67 heavy (non-hydrogen) atoms. The van der Waals surface area contributed by atoms with E-state index in [-0.39, 0.29) is 6.42 Å². The predicted octanol–water partition coefficient (Wildman–Crippen LogP) is 11.8. The van der Waals surface area contributed by atoms with Crippen LogP contribution in [-0.2, 0) is 14.3 Å². The average molecular weight is 959 g/mol. The highest BCUT2D eigenvalue weighted by Crippen LogP contribution is 2.24.